The number of nitrogens with zero attached hydrogens (tertiary/aromatic N) is 2. The maximum absolute atomic E-state index is 12.8. The van der Waals surface area contributed by atoms with Gasteiger partial charge in [0.15, 0.2) is 0 Å². The first kappa shape index (κ1) is 28.9. The number of carbonyl (C=O) groups excluding carboxylic acids is 2. The SMILES string of the molecule is CC1=CC[C@H](C(C)C)[C@H]2C[C@H](OC(=O)C(C)(C)C)[C@@H](O)/C=C\C[C@@H](OC(=O)/C=C/c3cn(C)cn3)C[C@@H]12. The highest BCUT2D eigenvalue weighted by molar-refractivity contribution is 5.86. The molecule has 2 aliphatic carbocycles. The molecular formula is C30H44N2O5. The maximum atomic E-state index is 12.8. The molecule has 1 heterocycles. The number of imidazole rings is 1. The summed E-state index contributed by atoms with van der Waals surface area (Å²) in [6.45, 7) is 12.1. The van der Waals surface area contributed by atoms with Crippen LogP contribution in [0.25, 0.3) is 6.08 Å². The van der Waals surface area contributed by atoms with Gasteiger partial charge in [0.05, 0.1) is 17.4 Å². The molecule has 6 atom stereocenters. The molecule has 0 radical (unpaired) electrons. The van der Waals surface area contributed by atoms with Gasteiger partial charge in [-0.1, -0.05) is 37.6 Å². The fourth-order valence-electron chi connectivity index (χ4n) is 5.44. The minimum atomic E-state index is -0.926. The molecule has 0 aromatic carbocycles. The van der Waals surface area contributed by atoms with Crippen LogP contribution in [-0.4, -0.2) is 44.9 Å². The van der Waals surface area contributed by atoms with Crippen molar-refractivity contribution in [1.82, 2.24) is 9.55 Å². The van der Waals surface area contributed by atoms with Gasteiger partial charge in [0.2, 0.25) is 0 Å². The highest BCUT2D eigenvalue weighted by Crippen LogP contribution is 2.45. The van der Waals surface area contributed by atoms with Crippen LogP contribution in [0.3, 0.4) is 0 Å². The summed E-state index contributed by atoms with van der Waals surface area (Å²) in [5, 5.41) is 11.1. The van der Waals surface area contributed by atoms with Crippen molar-refractivity contribution < 1.29 is 24.2 Å². The van der Waals surface area contributed by atoms with Gasteiger partial charge in [-0.3, -0.25) is 4.79 Å². The molecular weight excluding hydrogens is 468 g/mol. The molecule has 1 N–H and O–H groups in total. The van der Waals surface area contributed by atoms with E-state index in [1.54, 1.807) is 18.5 Å². The molecule has 0 amide bonds. The third kappa shape index (κ3) is 7.91. The van der Waals surface area contributed by atoms with E-state index in [-0.39, 0.29) is 23.9 Å². The quantitative estimate of drug-likeness (QED) is 0.329. The van der Waals surface area contributed by atoms with E-state index in [0.717, 1.165) is 6.42 Å². The Morgan fingerprint density at radius 3 is 2.54 bits per heavy atom. The second-order valence-electron chi connectivity index (χ2n) is 12.0. The van der Waals surface area contributed by atoms with E-state index in [1.807, 2.05) is 44.7 Å². The molecule has 0 aliphatic heterocycles. The number of aliphatic hydroxyl groups excluding tert-OH is 1. The lowest BCUT2D eigenvalue weighted by Crippen LogP contribution is -2.42. The van der Waals surface area contributed by atoms with Gasteiger partial charge in [0, 0.05) is 25.7 Å². The largest absolute Gasteiger partial charge is 0.459 e. The van der Waals surface area contributed by atoms with Crippen LogP contribution in [0.1, 0.15) is 72.9 Å². The topological polar surface area (TPSA) is 90.7 Å². The molecule has 1 aromatic heterocycles. The predicted molar refractivity (Wildman–Crippen MR) is 144 cm³/mol. The highest BCUT2D eigenvalue weighted by atomic mass is 16.6. The Labute approximate surface area is 221 Å². The van der Waals surface area contributed by atoms with E-state index in [2.05, 4.69) is 31.8 Å². The molecule has 0 unspecified atom stereocenters. The second-order valence-corrected chi connectivity index (χ2v) is 12.0. The zero-order valence-electron chi connectivity index (χ0n) is 23.4. The van der Waals surface area contributed by atoms with Crippen LogP contribution >= 0.6 is 0 Å². The number of allylic oxidation sites excluding steroid dienone is 2. The van der Waals surface area contributed by atoms with E-state index in [0.29, 0.717) is 36.8 Å². The average Bonchev–Trinajstić information content (AvgIpc) is 3.23. The van der Waals surface area contributed by atoms with Gasteiger partial charge in [-0.2, -0.15) is 0 Å². The van der Waals surface area contributed by atoms with Crippen molar-refractivity contribution in [3.63, 3.8) is 0 Å². The third-order valence-corrected chi connectivity index (χ3v) is 7.62. The molecule has 0 saturated heterocycles. The maximum Gasteiger partial charge on any atom is 0.331 e. The fourth-order valence-corrected chi connectivity index (χ4v) is 5.44. The summed E-state index contributed by atoms with van der Waals surface area (Å²) >= 11 is 0. The van der Waals surface area contributed by atoms with Gasteiger partial charge in [-0.15, -0.1) is 0 Å². The van der Waals surface area contributed by atoms with Crippen LogP contribution in [0.2, 0.25) is 0 Å². The first-order valence-corrected chi connectivity index (χ1v) is 13.4. The first-order valence-electron chi connectivity index (χ1n) is 13.4. The molecule has 0 bridgehead atoms. The van der Waals surface area contributed by atoms with Crippen LogP contribution < -0.4 is 0 Å². The number of ether oxygens (including phenoxy) is 2. The Morgan fingerprint density at radius 1 is 1.19 bits per heavy atom. The number of aromatic nitrogens is 2. The Kier molecular flexibility index (Phi) is 9.57. The fraction of sp³-hybridized carbons (Fsp3) is 0.633. The lowest BCUT2D eigenvalue weighted by Gasteiger charge is -2.43. The first-order chi connectivity index (χ1) is 17.3. The van der Waals surface area contributed by atoms with Crippen molar-refractivity contribution in [3.8, 4) is 0 Å². The highest BCUT2D eigenvalue weighted by Gasteiger charge is 2.41. The van der Waals surface area contributed by atoms with E-state index in [9.17, 15) is 14.7 Å². The zero-order valence-corrected chi connectivity index (χ0v) is 23.4. The standard InChI is InChI=1S/C30H44N2O5/c1-19(2)23-13-11-20(3)24-15-22(36-28(34)14-12-21-17-32(7)18-31-21)9-8-10-26(33)27(16-25(23)24)37-29(35)30(4,5)6/h8,10-12,14,17-19,22-27,33H,9,13,15-16H2,1-7H3/b10-8-,14-12+/t22-,23-,24+,25-,26+,27+/m1/s1. The number of esters is 2. The third-order valence-electron chi connectivity index (χ3n) is 7.62. The van der Waals surface area contributed by atoms with E-state index >= 15 is 0 Å². The minimum absolute atomic E-state index is 0.160. The molecule has 0 fully saturated rings. The van der Waals surface area contributed by atoms with E-state index < -0.39 is 23.6 Å². The Hall–Kier alpha value is -2.67. The number of aryl methyl sites for hydroxylation is 1. The molecule has 2 aliphatic rings. The van der Waals surface area contributed by atoms with Gasteiger partial charge in [-0.25, -0.2) is 9.78 Å². The van der Waals surface area contributed by atoms with Crippen molar-refractivity contribution >= 4 is 18.0 Å². The van der Waals surface area contributed by atoms with Crippen molar-refractivity contribution in [2.24, 2.45) is 36.1 Å². The summed E-state index contributed by atoms with van der Waals surface area (Å²) in [4.78, 5) is 29.7. The molecule has 37 heavy (non-hydrogen) atoms. The zero-order chi connectivity index (χ0) is 27.3. The van der Waals surface area contributed by atoms with Crippen LogP contribution in [0.5, 0.6) is 0 Å². The molecule has 0 spiro atoms. The second kappa shape index (κ2) is 12.2. The summed E-state index contributed by atoms with van der Waals surface area (Å²) in [5.74, 6) is 0.430. The van der Waals surface area contributed by atoms with Crippen molar-refractivity contribution in [2.75, 3.05) is 0 Å². The summed E-state index contributed by atoms with van der Waals surface area (Å²) in [6.07, 6.45) is 13.2. The lowest BCUT2D eigenvalue weighted by molar-refractivity contribution is -0.165. The van der Waals surface area contributed by atoms with E-state index in [4.69, 9.17) is 9.47 Å². The molecule has 1 aromatic rings. The number of hydrogen-bond donors (Lipinski definition) is 1. The summed E-state index contributed by atoms with van der Waals surface area (Å²) < 4.78 is 13.6. The lowest BCUT2D eigenvalue weighted by atomic mass is 9.64. The summed E-state index contributed by atoms with van der Waals surface area (Å²) in [5.41, 5.74) is 1.31. The Morgan fingerprint density at radius 2 is 1.92 bits per heavy atom. The van der Waals surface area contributed by atoms with Crippen molar-refractivity contribution in [3.05, 3.63) is 48.1 Å². The van der Waals surface area contributed by atoms with Crippen molar-refractivity contribution in [2.45, 2.75) is 85.5 Å². The van der Waals surface area contributed by atoms with Crippen LogP contribution in [0.15, 0.2) is 42.4 Å². The molecule has 0 saturated carbocycles. The predicted octanol–water partition coefficient (Wildman–Crippen LogP) is 5.26. The minimum Gasteiger partial charge on any atom is -0.459 e. The number of fused-ring (bicyclic) bond motifs is 1. The van der Waals surface area contributed by atoms with E-state index in [1.165, 1.54) is 11.6 Å². The van der Waals surface area contributed by atoms with Gasteiger partial charge < -0.3 is 19.1 Å². The normalized spacial score (nSPS) is 29.9. The summed E-state index contributed by atoms with van der Waals surface area (Å²) in [6, 6.07) is 0. The van der Waals surface area contributed by atoms with Gasteiger partial charge in [0.1, 0.15) is 18.3 Å². The number of aliphatic hydroxyl groups is 1. The van der Waals surface area contributed by atoms with Gasteiger partial charge >= 0.3 is 11.9 Å². The average molecular weight is 513 g/mol. The van der Waals surface area contributed by atoms with Gasteiger partial charge in [0.25, 0.3) is 0 Å². The Bertz CT molecular complexity index is 1030. The molecule has 3 rings (SSSR count). The number of carbonyl (C=O) groups is 2. The van der Waals surface area contributed by atoms with Crippen LogP contribution in [-0.2, 0) is 26.1 Å². The smallest absolute Gasteiger partial charge is 0.331 e. The van der Waals surface area contributed by atoms with Crippen molar-refractivity contribution in [1.29, 1.82) is 0 Å². The number of hydrogen-bond acceptors (Lipinski definition) is 6. The Balaban J connectivity index is 1.86. The van der Waals surface area contributed by atoms with Gasteiger partial charge in [-0.05, 0) is 76.7 Å². The molecule has 204 valence electrons. The van der Waals surface area contributed by atoms with Crippen LogP contribution in [0, 0.1) is 29.1 Å². The van der Waals surface area contributed by atoms with Crippen LogP contribution in [0.4, 0.5) is 0 Å². The number of rotatable bonds is 5. The molecule has 7 heteroatoms. The molecule has 7 nitrogen and oxygen atoms in total. The summed E-state index contributed by atoms with van der Waals surface area (Å²) in [7, 11) is 1.87. The monoisotopic (exact) mass is 512 g/mol.